The summed E-state index contributed by atoms with van der Waals surface area (Å²) in [7, 11) is -3.57. The monoisotopic (exact) mass is 407 g/mol. The Morgan fingerprint density at radius 2 is 1.59 bits per heavy atom. The second kappa shape index (κ2) is 8.29. The van der Waals surface area contributed by atoms with Gasteiger partial charge in [0.15, 0.2) is 0 Å². The van der Waals surface area contributed by atoms with E-state index in [1.165, 1.54) is 22.0 Å². The number of rotatable bonds is 4. The maximum Gasteiger partial charge on any atom is 0.317 e. The van der Waals surface area contributed by atoms with Gasteiger partial charge in [0.1, 0.15) is 0 Å². The molecular formula is C19H22ClN3O3S. The van der Waals surface area contributed by atoms with Crippen LogP contribution in [0.2, 0.25) is 5.02 Å². The maximum absolute atomic E-state index is 12.7. The van der Waals surface area contributed by atoms with Crippen molar-refractivity contribution in [1.82, 2.24) is 14.5 Å². The number of nitrogens with one attached hydrogen (secondary N) is 1. The van der Waals surface area contributed by atoms with Gasteiger partial charge >= 0.3 is 6.03 Å². The molecule has 1 N–H and O–H groups in total. The number of piperazine rings is 1. The number of nitrogens with zero attached hydrogens (tertiary/aromatic N) is 2. The third-order valence-corrected chi connectivity index (χ3v) is 6.71. The average Bonchev–Trinajstić information content (AvgIpc) is 2.68. The van der Waals surface area contributed by atoms with Gasteiger partial charge in [0, 0.05) is 37.7 Å². The van der Waals surface area contributed by atoms with Crippen molar-refractivity contribution in [3.8, 4) is 0 Å². The van der Waals surface area contributed by atoms with Crippen LogP contribution in [0.15, 0.2) is 53.4 Å². The Balaban J connectivity index is 1.54. The van der Waals surface area contributed by atoms with Gasteiger partial charge in [-0.15, -0.1) is 0 Å². The Bertz CT molecular complexity index is 891. The summed E-state index contributed by atoms with van der Waals surface area (Å²) in [6, 6.07) is 13.9. The molecule has 0 aromatic heterocycles. The van der Waals surface area contributed by atoms with E-state index in [-0.39, 0.29) is 24.0 Å². The highest BCUT2D eigenvalue weighted by molar-refractivity contribution is 7.89. The van der Waals surface area contributed by atoms with Crippen LogP contribution in [0.1, 0.15) is 11.1 Å². The van der Waals surface area contributed by atoms with E-state index in [1.54, 1.807) is 17.0 Å². The Hall–Kier alpha value is -2.09. The molecule has 0 unspecified atom stereocenters. The van der Waals surface area contributed by atoms with Crippen molar-refractivity contribution in [2.24, 2.45) is 0 Å². The molecule has 0 bridgehead atoms. The van der Waals surface area contributed by atoms with Crippen molar-refractivity contribution in [2.75, 3.05) is 26.2 Å². The molecule has 0 saturated carbocycles. The van der Waals surface area contributed by atoms with Crippen molar-refractivity contribution in [3.05, 3.63) is 64.7 Å². The molecule has 0 aliphatic carbocycles. The Kier molecular flexibility index (Phi) is 6.04. The molecule has 1 saturated heterocycles. The van der Waals surface area contributed by atoms with Gasteiger partial charge in [-0.2, -0.15) is 4.31 Å². The highest BCUT2D eigenvalue weighted by Crippen LogP contribution is 2.20. The van der Waals surface area contributed by atoms with Crippen LogP contribution >= 0.6 is 11.6 Å². The van der Waals surface area contributed by atoms with Crippen molar-refractivity contribution in [1.29, 1.82) is 0 Å². The fourth-order valence-corrected chi connectivity index (χ4v) is 4.43. The predicted octanol–water partition coefficient (Wildman–Crippen LogP) is 2.86. The summed E-state index contributed by atoms with van der Waals surface area (Å²) in [5.74, 6) is 0. The SMILES string of the molecule is Cc1ccc(CNC(=O)N2CCN(S(=O)(=O)c3ccc(Cl)cc3)CC2)cc1. The lowest BCUT2D eigenvalue weighted by Gasteiger charge is -2.34. The quantitative estimate of drug-likeness (QED) is 0.847. The molecule has 1 aliphatic heterocycles. The molecule has 0 radical (unpaired) electrons. The molecular weight excluding hydrogens is 386 g/mol. The van der Waals surface area contributed by atoms with Crippen LogP contribution in [-0.2, 0) is 16.6 Å². The van der Waals surface area contributed by atoms with Crippen molar-refractivity contribution < 1.29 is 13.2 Å². The minimum Gasteiger partial charge on any atom is -0.334 e. The number of carbonyl (C=O) groups excluding carboxylic acids is 1. The number of hydrogen-bond acceptors (Lipinski definition) is 3. The minimum absolute atomic E-state index is 0.181. The number of aryl methyl sites for hydroxylation is 1. The van der Waals surface area contributed by atoms with Crippen LogP contribution in [0, 0.1) is 6.92 Å². The topological polar surface area (TPSA) is 69.7 Å². The number of benzene rings is 2. The molecule has 8 heteroatoms. The van der Waals surface area contributed by atoms with Gasteiger partial charge in [-0.25, -0.2) is 13.2 Å². The van der Waals surface area contributed by atoms with Gasteiger partial charge in [-0.1, -0.05) is 41.4 Å². The fraction of sp³-hybridized carbons (Fsp3) is 0.316. The van der Waals surface area contributed by atoms with E-state index >= 15 is 0 Å². The molecule has 1 fully saturated rings. The van der Waals surface area contributed by atoms with Crippen LogP contribution in [0.25, 0.3) is 0 Å². The summed E-state index contributed by atoms with van der Waals surface area (Å²) in [5.41, 5.74) is 2.20. The largest absolute Gasteiger partial charge is 0.334 e. The summed E-state index contributed by atoms with van der Waals surface area (Å²) in [6.07, 6.45) is 0. The second-order valence-electron chi connectivity index (χ2n) is 6.49. The highest BCUT2D eigenvalue weighted by atomic mass is 35.5. The molecule has 1 aliphatic rings. The predicted molar refractivity (Wildman–Crippen MR) is 105 cm³/mol. The summed E-state index contributed by atoms with van der Waals surface area (Å²) < 4.78 is 26.8. The first-order chi connectivity index (χ1) is 12.9. The molecule has 0 spiro atoms. The van der Waals surface area contributed by atoms with E-state index in [1.807, 2.05) is 31.2 Å². The normalized spacial score (nSPS) is 15.6. The molecule has 3 rings (SSSR count). The average molecular weight is 408 g/mol. The van der Waals surface area contributed by atoms with E-state index in [0.29, 0.717) is 24.7 Å². The van der Waals surface area contributed by atoms with E-state index < -0.39 is 10.0 Å². The molecule has 6 nitrogen and oxygen atoms in total. The number of urea groups is 1. The zero-order valence-corrected chi connectivity index (χ0v) is 16.6. The van der Waals surface area contributed by atoms with Gasteiger partial charge in [-0.05, 0) is 36.8 Å². The fourth-order valence-electron chi connectivity index (χ4n) is 2.88. The smallest absolute Gasteiger partial charge is 0.317 e. The number of amides is 2. The van der Waals surface area contributed by atoms with Crippen LogP contribution in [0.5, 0.6) is 0 Å². The van der Waals surface area contributed by atoms with Gasteiger partial charge in [-0.3, -0.25) is 0 Å². The summed E-state index contributed by atoms with van der Waals surface area (Å²) in [4.78, 5) is 14.2. The highest BCUT2D eigenvalue weighted by Gasteiger charge is 2.30. The van der Waals surface area contributed by atoms with Crippen LogP contribution < -0.4 is 5.32 Å². The van der Waals surface area contributed by atoms with Crippen molar-refractivity contribution in [2.45, 2.75) is 18.4 Å². The van der Waals surface area contributed by atoms with Crippen molar-refractivity contribution in [3.63, 3.8) is 0 Å². The summed E-state index contributed by atoms with van der Waals surface area (Å²) in [5, 5.41) is 3.37. The Morgan fingerprint density at radius 3 is 2.19 bits per heavy atom. The molecule has 27 heavy (non-hydrogen) atoms. The molecule has 0 atom stereocenters. The van der Waals surface area contributed by atoms with Gasteiger partial charge in [0.25, 0.3) is 0 Å². The standard InChI is InChI=1S/C19H22ClN3O3S/c1-15-2-4-16(5-3-15)14-21-19(24)22-10-12-23(13-11-22)27(25,26)18-8-6-17(20)7-9-18/h2-9H,10-14H2,1H3,(H,21,24). The lowest BCUT2D eigenvalue weighted by Crippen LogP contribution is -2.52. The van der Waals surface area contributed by atoms with E-state index in [9.17, 15) is 13.2 Å². The summed E-state index contributed by atoms with van der Waals surface area (Å²) in [6.45, 7) is 3.70. The third-order valence-electron chi connectivity index (χ3n) is 4.54. The third kappa shape index (κ3) is 4.80. The molecule has 2 amide bonds. The molecule has 1 heterocycles. The molecule has 2 aromatic rings. The van der Waals surface area contributed by atoms with Gasteiger partial charge < -0.3 is 10.2 Å². The van der Waals surface area contributed by atoms with Crippen molar-refractivity contribution >= 4 is 27.7 Å². The maximum atomic E-state index is 12.7. The van der Waals surface area contributed by atoms with E-state index in [0.717, 1.165) is 5.56 Å². The lowest BCUT2D eigenvalue weighted by molar-refractivity contribution is 0.172. The Morgan fingerprint density at radius 1 is 1.00 bits per heavy atom. The van der Waals surface area contributed by atoms with Crippen LogP contribution in [0.4, 0.5) is 4.79 Å². The lowest BCUT2D eigenvalue weighted by atomic mass is 10.1. The molecule has 144 valence electrons. The Labute approximate surface area is 164 Å². The van der Waals surface area contributed by atoms with Crippen LogP contribution in [0.3, 0.4) is 0 Å². The molecule has 2 aromatic carbocycles. The number of carbonyl (C=O) groups is 1. The first-order valence-corrected chi connectivity index (χ1v) is 10.5. The second-order valence-corrected chi connectivity index (χ2v) is 8.86. The summed E-state index contributed by atoms with van der Waals surface area (Å²) >= 11 is 5.82. The van der Waals surface area contributed by atoms with Gasteiger partial charge in [0.05, 0.1) is 4.90 Å². The number of halogens is 1. The van der Waals surface area contributed by atoms with E-state index in [2.05, 4.69) is 5.32 Å². The van der Waals surface area contributed by atoms with Crippen LogP contribution in [-0.4, -0.2) is 49.8 Å². The minimum atomic E-state index is -3.57. The number of hydrogen-bond donors (Lipinski definition) is 1. The first-order valence-electron chi connectivity index (χ1n) is 8.70. The zero-order valence-electron chi connectivity index (χ0n) is 15.1. The number of sulfonamides is 1. The zero-order chi connectivity index (χ0) is 19.4. The first kappa shape index (κ1) is 19.7. The van der Waals surface area contributed by atoms with Gasteiger partial charge in [0.2, 0.25) is 10.0 Å². The van der Waals surface area contributed by atoms with E-state index in [4.69, 9.17) is 11.6 Å².